The van der Waals surface area contributed by atoms with Gasteiger partial charge in [-0.2, -0.15) is 18.2 Å². The molecule has 0 saturated carbocycles. The Morgan fingerprint density at radius 3 is 2.09 bits per heavy atom. The van der Waals surface area contributed by atoms with Gasteiger partial charge in [-0.1, -0.05) is 0 Å². The highest BCUT2D eigenvalue weighted by Crippen LogP contribution is 2.37. The Hall–Kier alpha value is -3.26. The van der Waals surface area contributed by atoms with Crippen molar-refractivity contribution in [2.45, 2.75) is 6.18 Å². The number of methoxy groups -OCH3 is 2. The molecule has 32 heavy (non-hydrogen) atoms. The van der Waals surface area contributed by atoms with Crippen molar-refractivity contribution in [1.82, 2.24) is 9.97 Å². The molecule has 2 N–H and O–H groups in total. The first-order chi connectivity index (χ1) is 15.0. The van der Waals surface area contributed by atoms with E-state index in [0.29, 0.717) is 34.4 Å². The molecule has 7 nitrogen and oxygen atoms in total. The van der Waals surface area contributed by atoms with E-state index in [4.69, 9.17) is 9.47 Å². The second kappa shape index (κ2) is 9.08. The summed E-state index contributed by atoms with van der Waals surface area (Å²) >= 11 is 0. The summed E-state index contributed by atoms with van der Waals surface area (Å²) in [5, 5.41) is 6.23. The van der Waals surface area contributed by atoms with E-state index in [-0.39, 0.29) is 5.95 Å². The molecule has 3 rings (SSSR count). The van der Waals surface area contributed by atoms with Gasteiger partial charge >= 0.3 is 6.18 Å². The minimum Gasteiger partial charge on any atom is -0.493 e. The molecule has 0 fully saturated rings. The predicted molar refractivity (Wildman–Crippen MR) is 119 cm³/mol. The Balaban J connectivity index is 1.93. The zero-order chi connectivity index (χ0) is 23.5. The van der Waals surface area contributed by atoms with Crippen molar-refractivity contribution in [3.8, 4) is 11.5 Å². The molecule has 0 aliphatic rings. The number of aromatic nitrogens is 2. The van der Waals surface area contributed by atoms with E-state index in [1.807, 2.05) is 0 Å². The summed E-state index contributed by atoms with van der Waals surface area (Å²) in [7, 11) is 0.469. The van der Waals surface area contributed by atoms with Gasteiger partial charge in [-0.25, -0.2) is 4.98 Å². The van der Waals surface area contributed by atoms with E-state index >= 15 is 0 Å². The molecular weight excluding hydrogens is 444 g/mol. The topological polar surface area (TPSA) is 85.4 Å². The van der Waals surface area contributed by atoms with Gasteiger partial charge in [-0.15, -0.1) is 0 Å². The fourth-order valence-corrected chi connectivity index (χ4v) is 3.70. The number of alkyl halides is 3. The number of hydrogen-bond donors (Lipinski definition) is 2. The quantitative estimate of drug-likeness (QED) is 0.460. The Kier molecular flexibility index (Phi) is 6.64. The number of ether oxygens (including phenoxy) is 2. The first-order valence-electron chi connectivity index (χ1n) is 9.37. The number of anilines is 4. The van der Waals surface area contributed by atoms with Crippen LogP contribution >= 0.6 is 7.14 Å². The minimum absolute atomic E-state index is 0.0371. The maximum absolute atomic E-state index is 13.5. The Bertz CT molecular complexity index is 1150. The molecule has 1 aromatic heterocycles. The third-order valence-electron chi connectivity index (χ3n) is 4.49. The van der Waals surface area contributed by atoms with Crippen molar-refractivity contribution in [2.24, 2.45) is 0 Å². The molecule has 2 aromatic carbocycles. The molecule has 0 aliphatic carbocycles. The number of nitrogens with one attached hydrogen (secondary N) is 2. The third-order valence-corrected chi connectivity index (χ3v) is 6.03. The Labute approximate surface area is 183 Å². The highest BCUT2D eigenvalue weighted by molar-refractivity contribution is 7.70. The van der Waals surface area contributed by atoms with Gasteiger partial charge in [-0.3, -0.25) is 0 Å². The lowest BCUT2D eigenvalue weighted by molar-refractivity contribution is -0.137. The van der Waals surface area contributed by atoms with Crippen LogP contribution in [0.1, 0.15) is 5.56 Å². The summed E-state index contributed by atoms with van der Waals surface area (Å²) < 4.78 is 63.0. The van der Waals surface area contributed by atoms with Crippen molar-refractivity contribution >= 4 is 35.6 Å². The van der Waals surface area contributed by atoms with E-state index in [1.54, 1.807) is 49.7 Å². The summed E-state index contributed by atoms with van der Waals surface area (Å²) in [5.74, 6) is 0.323. The Morgan fingerprint density at radius 2 is 1.53 bits per heavy atom. The summed E-state index contributed by atoms with van der Waals surface area (Å²) in [4.78, 5) is 7.81. The lowest BCUT2D eigenvalue weighted by Crippen LogP contribution is -2.13. The van der Waals surface area contributed by atoms with E-state index in [1.165, 1.54) is 20.3 Å². The predicted octanol–water partition coefficient (Wildman–Crippen LogP) is 5.25. The van der Waals surface area contributed by atoms with Crippen LogP contribution in [-0.4, -0.2) is 37.5 Å². The summed E-state index contributed by atoms with van der Waals surface area (Å²) in [5.41, 5.74) is -0.158. The fourth-order valence-electron chi connectivity index (χ4n) is 2.83. The van der Waals surface area contributed by atoms with Gasteiger partial charge in [0.2, 0.25) is 5.95 Å². The molecular formula is C21H22F3N4O3P. The van der Waals surface area contributed by atoms with Crippen LogP contribution in [0.2, 0.25) is 0 Å². The number of rotatable bonds is 7. The largest absolute Gasteiger partial charge is 0.493 e. The van der Waals surface area contributed by atoms with E-state index in [2.05, 4.69) is 20.6 Å². The zero-order valence-corrected chi connectivity index (χ0v) is 18.7. The molecule has 0 unspecified atom stereocenters. The lowest BCUT2D eigenvalue weighted by atomic mass is 10.2. The molecule has 0 amide bonds. The van der Waals surface area contributed by atoms with Gasteiger partial charge in [0.25, 0.3) is 0 Å². The van der Waals surface area contributed by atoms with Crippen LogP contribution in [0.15, 0.2) is 48.7 Å². The molecule has 0 aliphatic heterocycles. The van der Waals surface area contributed by atoms with Gasteiger partial charge in [0.15, 0.2) is 11.5 Å². The molecule has 0 bridgehead atoms. The van der Waals surface area contributed by atoms with Crippen LogP contribution in [0.3, 0.4) is 0 Å². The number of nitrogens with zero attached hydrogens (tertiary/aromatic N) is 2. The van der Waals surface area contributed by atoms with E-state index in [9.17, 15) is 17.7 Å². The average molecular weight is 466 g/mol. The van der Waals surface area contributed by atoms with Gasteiger partial charge in [-0.05, 0) is 49.7 Å². The standard InChI is InChI=1S/C21H22F3N4O3P/c1-30-17-10-7-14(11-18(17)31-2)26-19-16(21(22,23)24)12-25-20(28-19)27-13-5-8-15(9-6-13)32(3,4)29/h5-12H,1-4H3,(H2,25,26,27,28). The molecule has 0 radical (unpaired) electrons. The maximum atomic E-state index is 13.5. The maximum Gasteiger partial charge on any atom is 0.421 e. The van der Waals surface area contributed by atoms with Crippen molar-refractivity contribution in [3.63, 3.8) is 0 Å². The van der Waals surface area contributed by atoms with Gasteiger partial charge in [0, 0.05) is 28.9 Å². The second-order valence-corrected chi connectivity index (χ2v) is 10.4. The normalized spacial score (nSPS) is 11.7. The molecule has 1 heterocycles. The van der Waals surface area contributed by atoms with Gasteiger partial charge in [0.1, 0.15) is 18.5 Å². The van der Waals surface area contributed by atoms with Crippen LogP contribution in [0.5, 0.6) is 11.5 Å². The fraction of sp³-hybridized carbons (Fsp3) is 0.238. The molecule has 11 heteroatoms. The molecule has 3 aromatic rings. The molecule has 170 valence electrons. The second-order valence-electron chi connectivity index (χ2n) is 7.17. The van der Waals surface area contributed by atoms with Gasteiger partial charge in [0.05, 0.1) is 14.2 Å². The zero-order valence-electron chi connectivity index (χ0n) is 17.8. The third kappa shape index (κ3) is 5.50. The van der Waals surface area contributed by atoms with E-state index in [0.717, 1.165) is 0 Å². The first-order valence-corrected chi connectivity index (χ1v) is 12.0. The highest BCUT2D eigenvalue weighted by Gasteiger charge is 2.35. The van der Waals surface area contributed by atoms with Crippen LogP contribution < -0.4 is 25.4 Å². The Morgan fingerprint density at radius 1 is 0.906 bits per heavy atom. The monoisotopic (exact) mass is 466 g/mol. The molecule has 0 spiro atoms. The molecule has 0 atom stereocenters. The van der Waals surface area contributed by atoms with E-state index < -0.39 is 24.7 Å². The van der Waals surface area contributed by atoms with Crippen molar-refractivity contribution in [2.75, 3.05) is 38.2 Å². The van der Waals surface area contributed by atoms with Crippen LogP contribution in [0, 0.1) is 0 Å². The highest BCUT2D eigenvalue weighted by atomic mass is 31.2. The van der Waals surface area contributed by atoms with Gasteiger partial charge < -0.3 is 24.7 Å². The number of halogens is 3. The van der Waals surface area contributed by atoms with Crippen molar-refractivity contribution < 1.29 is 27.2 Å². The average Bonchev–Trinajstić information content (AvgIpc) is 2.72. The summed E-state index contributed by atoms with van der Waals surface area (Å²) in [6.07, 6.45) is -3.96. The number of benzene rings is 2. The smallest absolute Gasteiger partial charge is 0.421 e. The van der Waals surface area contributed by atoms with Crippen LogP contribution in [0.25, 0.3) is 0 Å². The lowest BCUT2D eigenvalue weighted by Gasteiger charge is -2.16. The summed E-state index contributed by atoms with van der Waals surface area (Å²) in [6.45, 7) is 3.31. The van der Waals surface area contributed by atoms with Crippen LogP contribution in [-0.2, 0) is 10.7 Å². The minimum atomic E-state index is -4.66. The van der Waals surface area contributed by atoms with Crippen molar-refractivity contribution in [1.29, 1.82) is 0 Å². The summed E-state index contributed by atoms with van der Waals surface area (Å²) in [6, 6.07) is 11.3. The number of hydrogen-bond acceptors (Lipinski definition) is 7. The SMILES string of the molecule is COc1ccc(Nc2nc(Nc3ccc(P(C)(C)=O)cc3)ncc2C(F)(F)F)cc1OC. The first kappa shape index (κ1) is 23.4. The van der Waals surface area contributed by atoms with Crippen molar-refractivity contribution in [3.05, 3.63) is 54.2 Å². The molecule has 0 saturated heterocycles. The van der Waals surface area contributed by atoms with Crippen LogP contribution in [0.4, 0.5) is 36.3 Å².